The molecule has 0 amide bonds. The van der Waals surface area contributed by atoms with Gasteiger partial charge in [0.05, 0.1) is 16.7 Å². The minimum Gasteiger partial charge on any atom is -0.387 e. The van der Waals surface area contributed by atoms with Crippen molar-refractivity contribution in [2.75, 3.05) is 0 Å². The standard InChI is InChI=1S/C11H10BrClN2OS/c1-6-11(17-15-14-6)10(16)4-7-2-3-8(12)5-9(7)13/h2-3,5,10,16H,4H2,1H3. The fraction of sp³-hybridized carbons (Fsp3) is 0.273. The molecular formula is C11H10BrClN2OS. The third-order valence-electron chi connectivity index (χ3n) is 2.42. The van der Waals surface area contributed by atoms with Crippen LogP contribution in [0, 0.1) is 6.92 Å². The van der Waals surface area contributed by atoms with Gasteiger partial charge in [-0.1, -0.05) is 38.1 Å². The molecule has 0 radical (unpaired) electrons. The second kappa shape index (κ2) is 5.44. The van der Waals surface area contributed by atoms with Gasteiger partial charge in [0.2, 0.25) is 0 Å². The van der Waals surface area contributed by atoms with Gasteiger partial charge in [-0.25, -0.2) is 0 Å². The summed E-state index contributed by atoms with van der Waals surface area (Å²) in [5.41, 5.74) is 1.69. The minimum absolute atomic E-state index is 0.469. The Morgan fingerprint density at radius 1 is 1.53 bits per heavy atom. The molecule has 1 aromatic carbocycles. The van der Waals surface area contributed by atoms with Crippen LogP contribution in [0.1, 0.15) is 22.2 Å². The zero-order valence-electron chi connectivity index (χ0n) is 9.02. The molecule has 90 valence electrons. The Bertz CT molecular complexity index is 532. The van der Waals surface area contributed by atoms with Crippen molar-refractivity contribution < 1.29 is 5.11 Å². The fourth-order valence-corrected chi connectivity index (χ4v) is 2.91. The fourth-order valence-electron chi connectivity index (χ4n) is 1.53. The van der Waals surface area contributed by atoms with Gasteiger partial charge in [-0.15, -0.1) is 5.10 Å². The Labute approximate surface area is 117 Å². The van der Waals surface area contributed by atoms with Crippen molar-refractivity contribution in [2.24, 2.45) is 0 Å². The Hall–Kier alpha value is -0.490. The lowest BCUT2D eigenvalue weighted by Crippen LogP contribution is -2.02. The summed E-state index contributed by atoms with van der Waals surface area (Å²) in [6.45, 7) is 1.84. The number of halogens is 2. The maximum atomic E-state index is 10.1. The third kappa shape index (κ3) is 3.04. The maximum absolute atomic E-state index is 10.1. The van der Waals surface area contributed by atoms with E-state index in [0.717, 1.165) is 20.6 Å². The second-order valence-corrected chi connectivity index (χ2v) is 5.79. The van der Waals surface area contributed by atoms with E-state index >= 15 is 0 Å². The van der Waals surface area contributed by atoms with Crippen molar-refractivity contribution in [3.63, 3.8) is 0 Å². The van der Waals surface area contributed by atoms with E-state index in [1.54, 1.807) is 0 Å². The summed E-state index contributed by atoms with van der Waals surface area (Å²) in [7, 11) is 0. The number of aliphatic hydroxyl groups is 1. The highest BCUT2D eigenvalue weighted by Crippen LogP contribution is 2.28. The summed E-state index contributed by atoms with van der Waals surface area (Å²) in [6.07, 6.45) is -0.134. The van der Waals surface area contributed by atoms with Gasteiger partial charge < -0.3 is 5.11 Å². The van der Waals surface area contributed by atoms with Crippen LogP contribution in [-0.2, 0) is 6.42 Å². The van der Waals surface area contributed by atoms with Gasteiger partial charge in [0.15, 0.2) is 0 Å². The highest BCUT2D eigenvalue weighted by molar-refractivity contribution is 9.10. The number of hydrogen-bond donors (Lipinski definition) is 1. The van der Waals surface area contributed by atoms with Crippen molar-refractivity contribution in [3.05, 3.63) is 43.8 Å². The van der Waals surface area contributed by atoms with Gasteiger partial charge >= 0.3 is 0 Å². The number of hydrogen-bond acceptors (Lipinski definition) is 4. The van der Waals surface area contributed by atoms with E-state index in [0.29, 0.717) is 11.4 Å². The lowest BCUT2D eigenvalue weighted by atomic mass is 10.1. The number of benzene rings is 1. The predicted molar refractivity (Wildman–Crippen MR) is 72.5 cm³/mol. The normalized spacial score (nSPS) is 12.7. The van der Waals surface area contributed by atoms with Crippen LogP contribution in [-0.4, -0.2) is 14.7 Å². The summed E-state index contributed by atoms with van der Waals surface area (Å²) >= 11 is 10.7. The van der Waals surface area contributed by atoms with Crippen LogP contribution in [0.25, 0.3) is 0 Å². The first-order valence-electron chi connectivity index (χ1n) is 4.98. The first-order valence-corrected chi connectivity index (χ1v) is 6.93. The highest BCUT2D eigenvalue weighted by Gasteiger charge is 2.16. The molecule has 2 aromatic rings. The SMILES string of the molecule is Cc1nnsc1C(O)Cc1ccc(Br)cc1Cl. The molecule has 1 N–H and O–H groups in total. The molecule has 1 heterocycles. The molecule has 0 saturated heterocycles. The molecule has 0 aliphatic heterocycles. The maximum Gasteiger partial charge on any atom is 0.0957 e. The van der Waals surface area contributed by atoms with Gasteiger partial charge in [-0.3, -0.25) is 0 Å². The number of nitrogens with zero attached hydrogens (tertiary/aromatic N) is 2. The number of aromatic nitrogens is 2. The molecule has 3 nitrogen and oxygen atoms in total. The van der Waals surface area contributed by atoms with Crippen molar-refractivity contribution in [1.82, 2.24) is 9.59 Å². The number of aliphatic hydroxyl groups excluding tert-OH is 1. The Kier molecular flexibility index (Phi) is 4.14. The Balaban J connectivity index is 2.19. The van der Waals surface area contributed by atoms with E-state index in [4.69, 9.17) is 11.6 Å². The molecule has 0 aliphatic rings. The lowest BCUT2D eigenvalue weighted by Gasteiger charge is -2.10. The van der Waals surface area contributed by atoms with E-state index in [-0.39, 0.29) is 0 Å². The molecular weight excluding hydrogens is 324 g/mol. The van der Waals surface area contributed by atoms with E-state index in [2.05, 4.69) is 25.5 Å². The quantitative estimate of drug-likeness (QED) is 0.934. The minimum atomic E-state index is -0.603. The zero-order chi connectivity index (χ0) is 12.4. The van der Waals surface area contributed by atoms with Crippen molar-refractivity contribution in [1.29, 1.82) is 0 Å². The van der Waals surface area contributed by atoms with Crippen LogP contribution in [0.5, 0.6) is 0 Å². The molecule has 0 bridgehead atoms. The molecule has 2 rings (SSSR count). The largest absolute Gasteiger partial charge is 0.387 e. The number of aryl methyl sites for hydroxylation is 1. The van der Waals surface area contributed by atoms with Crippen molar-refractivity contribution in [3.8, 4) is 0 Å². The molecule has 1 unspecified atom stereocenters. The average Bonchev–Trinajstić information content (AvgIpc) is 2.68. The van der Waals surface area contributed by atoms with E-state index in [1.807, 2.05) is 25.1 Å². The van der Waals surface area contributed by atoms with Crippen LogP contribution >= 0.6 is 39.1 Å². The molecule has 17 heavy (non-hydrogen) atoms. The highest BCUT2D eigenvalue weighted by atomic mass is 79.9. The van der Waals surface area contributed by atoms with Gasteiger partial charge in [0.25, 0.3) is 0 Å². The van der Waals surface area contributed by atoms with E-state index < -0.39 is 6.10 Å². The van der Waals surface area contributed by atoms with Crippen LogP contribution in [0.4, 0.5) is 0 Å². The second-order valence-electron chi connectivity index (χ2n) is 3.68. The summed E-state index contributed by atoms with van der Waals surface area (Å²) in [5.74, 6) is 0. The van der Waals surface area contributed by atoms with Gasteiger partial charge in [0, 0.05) is 15.9 Å². The summed E-state index contributed by atoms with van der Waals surface area (Å²) in [5, 5.41) is 14.6. The van der Waals surface area contributed by atoms with Crippen LogP contribution in [0.3, 0.4) is 0 Å². The molecule has 0 saturated carbocycles. The Morgan fingerprint density at radius 3 is 2.88 bits per heavy atom. The van der Waals surface area contributed by atoms with Gasteiger partial charge in [-0.2, -0.15) is 0 Å². The van der Waals surface area contributed by atoms with E-state index in [9.17, 15) is 5.11 Å². The topological polar surface area (TPSA) is 46.0 Å². The molecule has 0 spiro atoms. The van der Waals surface area contributed by atoms with Crippen molar-refractivity contribution in [2.45, 2.75) is 19.4 Å². The van der Waals surface area contributed by atoms with Crippen molar-refractivity contribution >= 4 is 39.1 Å². The summed E-state index contributed by atoms with van der Waals surface area (Å²) < 4.78 is 4.74. The smallest absolute Gasteiger partial charge is 0.0957 e. The lowest BCUT2D eigenvalue weighted by molar-refractivity contribution is 0.181. The summed E-state index contributed by atoms with van der Waals surface area (Å²) in [4.78, 5) is 0.795. The van der Waals surface area contributed by atoms with Crippen LogP contribution in [0.2, 0.25) is 5.02 Å². The Morgan fingerprint density at radius 2 is 2.29 bits per heavy atom. The van der Waals surface area contributed by atoms with Crippen LogP contribution < -0.4 is 0 Å². The van der Waals surface area contributed by atoms with Crippen LogP contribution in [0.15, 0.2) is 22.7 Å². The molecule has 6 heteroatoms. The molecule has 0 aliphatic carbocycles. The predicted octanol–water partition coefficient (Wildman–Crippen LogP) is 3.54. The zero-order valence-corrected chi connectivity index (χ0v) is 12.2. The molecule has 0 fully saturated rings. The summed E-state index contributed by atoms with van der Waals surface area (Å²) in [6, 6.07) is 5.63. The van der Waals surface area contributed by atoms with Gasteiger partial charge in [0.1, 0.15) is 0 Å². The average molecular weight is 334 g/mol. The molecule has 1 aromatic heterocycles. The van der Waals surface area contributed by atoms with E-state index in [1.165, 1.54) is 11.5 Å². The third-order valence-corrected chi connectivity index (χ3v) is 4.19. The monoisotopic (exact) mass is 332 g/mol. The molecule has 1 atom stereocenters. The first kappa shape index (κ1) is 13.0. The number of rotatable bonds is 3. The van der Waals surface area contributed by atoms with Gasteiger partial charge in [-0.05, 0) is 36.2 Å². The first-order chi connectivity index (χ1) is 8.08.